The maximum Gasteiger partial charge on any atom is 0.277 e. The second-order valence-electron chi connectivity index (χ2n) is 3.54. The quantitative estimate of drug-likeness (QED) is 0.835. The average molecular weight is 229 g/mol. The van der Waals surface area contributed by atoms with Crippen molar-refractivity contribution in [1.29, 1.82) is 0 Å². The lowest BCUT2D eigenvalue weighted by atomic mass is 10.4. The summed E-state index contributed by atoms with van der Waals surface area (Å²) in [6.07, 6.45) is 6.05. The molecule has 2 heterocycles. The van der Waals surface area contributed by atoms with Gasteiger partial charge in [-0.3, -0.25) is 14.8 Å². The highest BCUT2D eigenvalue weighted by molar-refractivity contribution is 6.01. The molecule has 2 aromatic heterocycles. The second kappa shape index (κ2) is 4.65. The van der Waals surface area contributed by atoms with Crippen molar-refractivity contribution in [3.05, 3.63) is 41.9 Å². The Morgan fingerprint density at radius 1 is 1.06 bits per heavy atom. The molecule has 0 saturated carbocycles. The highest BCUT2D eigenvalue weighted by atomic mass is 16.1. The van der Waals surface area contributed by atoms with Crippen LogP contribution < -0.4 is 5.32 Å². The van der Waals surface area contributed by atoms with Crippen LogP contribution in [0.15, 0.2) is 24.8 Å². The molecule has 2 rings (SSSR count). The molecule has 6 nitrogen and oxygen atoms in total. The zero-order chi connectivity index (χ0) is 12.3. The van der Waals surface area contributed by atoms with Crippen LogP contribution in [0.1, 0.15) is 21.9 Å². The van der Waals surface area contributed by atoms with Crippen molar-refractivity contribution >= 4 is 11.7 Å². The number of hydrogen-bond donors (Lipinski definition) is 1. The lowest BCUT2D eigenvalue weighted by Crippen LogP contribution is -2.15. The SMILES string of the molecule is Cc1cnc(C(=O)Nc2cncc(C)n2)cn1. The van der Waals surface area contributed by atoms with Crippen LogP contribution in [-0.2, 0) is 0 Å². The van der Waals surface area contributed by atoms with Gasteiger partial charge < -0.3 is 5.32 Å². The van der Waals surface area contributed by atoms with Crippen molar-refractivity contribution in [3.63, 3.8) is 0 Å². The topological polar surface area (TPSA) is 80.7 Å². The predicted molar refractivity (Wildman–Crippen MR) is 61.5 cm³/mol. The number of carbonyl (C=O) groups is 1. The molecular weight excluding hydrogens is 218 g/mol. The number of carbonyl (C=O) groups excluding carboxylic acids is 1. The third kappa shape index (κ3) is 2.81. The van der Waals surface area contributed by atoms with Gasteiger partial charge in [-0.05, 0) is 13.8 Å². The molecule has 0 aliphatic rings. The summed E-state index contributed by atoms with van der Waals surface area (Å²) in [4.78, 5) is 27.8. The summed E-state index contributed by atoms with van der Waals surface area (Å²) in [6, 6.07) is 0. The second-order valence-corrected chi connectivity index (χ2v) is 3.54. The van der Waals surface area contributed by atoms with Gasteiger partial charge in [0, 0.05) is 12.4 Å². The number of nitrogens with one attached hydrogen (secondary N) is 1. The largest absolute Gasteiger partial charge is 0.304 e. The molecule has 0 aromatic carbocycles. The van der Waals surface area contributed by atoms with Crippen LogP contribution in [0.5, 0.6) is 0 Å². The smallest absolute Gasteiger partial charge is 0.277 e. The first-order chi connectivity index (χ1) is 8.15. The van der Waals surface area contributed by atoms with Crippen LogP contribution >= 0.6 is 0 Å². The summed E-state index contributed by atoms with van der Waals surface area (Å²) in [5.41, 5.74) is 1.74. The van der Waals surface area contributed by atoms with E-state index in [1.165, 1.54) is 18.6 Å². The standard InChI is InChI=1S/C11H11N5O/c1-7-4-14-9(5-13-7)11(17)16-10-6-12-3-8(2)15-10/h3-6H,1-2H3,(H,15,16,17). The molecule has 2 aromatic rings. The lowest BCUT2D eigenvalue weighted by Gasteiger charge is -2.03. The van der Waals surface area contributed by atoms with Gasteiger partial charge in [0.2, 0.25) is 0 Å². The number of aromatic nitrogens is 4. The van der Waals surface area contributed by atoms with Crippen molar-refractivity contribution in [3.8, 4) is 0 Å². The van der Waals surface area contributed by atoms with E-state index < -0.39 is 0 Å². The minimum Gasteiger partial charge on any atom is -0.304 e. The Labute approximate surface area is 98.2 Å². The monoisotopic (exact) mass is 229 g/mol. The third-order valence-corrected chi connectivity index (χ3v) is 2.01. The molecule has 0 aliphatic carbocycles. The van der Waals surface area contributed by atoms with Gasteiger partial charge in [0.15, 0.2) is 5.82 Å². The van der Waals surface area contributed by atoms with E-state index in [1.54, 1.807) is 20.0 Å². The van der Waals surface area contributed by atoms with E-state index in [-0.39, 0.29) is 11.6 Å². The minimum absolute atomic E-state index is 0.249. The minimum atomic E-state index is -0.350. The molecule has 0 fully saturated rings. The number of amides is 1. The van der Waals surface area contributed by atoms with Crippen molar-refractivity contribution in [2.24, 2.45) is 0 Å². The molecule has 0 bridgehead atoms. The third-order valence-electron chi connectivity index (χ3n) is 2.01. The first kappa shape index (κ1) is 11.1. The van der Waals surface area contributed by atoms with E-state index in [1.807, 2.05) is 0 Å². The Morgan fingerprint density at radius 3 is 2.53 bits per heavy atom. The molecule has 0 saturated heterocycles. The van der Waals surface area contributed by atoms with Crippen LogP contribution in [0.2, 0.25) is 0 Å². The Bertz CT molecular complexity index is 538. The molecule has 17 heavy (non-hydrogen) atoms. The van der Waals surface area contributed by atoms with Gasteiger partial charge >= 0.3 is 0 Å². The normalized spacial score (nSPS) is 10.0. The molecule has 0 atom stereocenters. The summed E-state index contributed by atoms with van der Waals surface area (Å²) < 4.78 is 0. The molecule has 0 unspecified atom stereocenters. The fourth-order valence-electron chi connectivity index (χ4n) is 1.21. The Kier molecular flexibility index (Phi) is 3.04. The maximum atomic E-state index is 11.8. The van der Waals surface area contributed by atoms with E-state index in [0.717, 1.165) is 11.4 Å². The van der Waals surface area contributed by atoms with E-state index in [0.29, 0.717) is 5.82 Å². The van der Waals surface area contributed by atoms with Crippen LogP contribution in [0.3, 0.4) is 0 Å². The van der Waals surface area contributed by atoms with Gasteiger partial charge in [0.25, 0.3) is 5.91 Å². The molecule has 1 N–H and O–H groups in total. The summed E-state index contributed by atoms with van der Waals surface area (Å²) in [7, 11) is 0. The highest BCUT2D eigenvalue weighted by Crippen LogP contribution is 2.03. The lowest BCUT2D eigenvalue weighted by molar-refractivity contribution is 0.102. The molecule has 0 radical (unpaired) electrons. The Hall–Kier alpha value is -2.37. The van der Waals surface area contributed by atoms with Gasteiger partial charge in [-0.15, -0.1) is 0 Å². The Balaban J connectivity index is 2.14. The van der Waals surface area contributed by atoms with Gasteiger partial charge in [0.05, 0.1) is 23.8 Å². The van der Waals surface area contributed by atoms with E-state index >= 15 is 0 Å². The highest BCUT2D eigenvalue weighted by Gasteiger charge is 2.08. The van der Waals surface area contributed by atoms with Crippen LogP contribution in [0.25, 0.3) is 0 Å². The summed E-state index contributed by atoms with van der Waals surface area (Å²) in [5.74, 6) is 0.0507. The van der Waals surface area contributed by atoms with Crippen molar-refractivity contribution in [2.75, 3.05) is 5.32 Å². The first-order valence-electron chi connectivity index (χ1n) is 5.04. The molecule has 0 spiro atoms. The number of hydrogen-bond acceptors (Lipinski definition) is 5. The summed E-state index contributed by atoms with van der Waals surface area (Å²) in [6.45, 7) is 3.61. The predicted octanol–water partition coefficient (Wildman–Crippen LogP) is 1.14. The zero-order valence-corrected chi connectivity index (χ0v) is 9.51. The summed E-state index contributed by atoms with van der Waals surface area (Å²) >= 11 is 0. The number of rotatable bonds is 2. The van der Waals surface area contributed by atoms with Crippen molar-refractivity contribution < 1.29 is 4.79 Å². The number of anilines is 1. The first-order valence-corrected chi connectivity index (χ1v) is 5.04. The van der Waals surface area contributed by atoms with Crippen LogP contribution in [0, 0.1) is 13.8 Å². The molecular formula is C11H11N5O. The van der Waals surface area contributed by atoms with Gasteiger partial charge in [-0.1, -0.05) is 0 Å². The fourth-order valence-corrected chi connectivity index (χ4v) is 1.21. The van der Waals surface area contributed by atoms with Gasteiger partial charge in [-0.2, -0.15) is 0 Å². The van der Waals surface area contributed by atoms with Crippen LogP contribution in [-0.4, -0.2) is 25.8 Å². The molecule has 1 amide bonds. The fraction of sp³-hybridized carbons (Fsp3) is 0.182. The maximum absolute atomic E-state index is 11.8. The van der Waals surface area contributed by atoms with Crippen LogP contribution in [0.4, 0.5) is 5.82 Å². The Morgan fingerprint density at radius 2 is 1.88 bits per heavy atom. The number of nitrogens with zero attached hydrogens (tertiary/aromatic N) is 4. The number of aryl methyl sites for hydroxylation is 2. The average Bonchev–Trinajstić information content (AvgIpc) is 2.29. The summed E-state index contributed by atoms with van der Waals surface area (Å²) in [5, 5.41) is 2.60. The van der Waals surface area contributed by atoms with E-state index in [9.17, 15) is 4.79 Å². The van der Waals surface area contributed by atoms with Gasteiger partial charge in [-0.25, -0.2) is 9.97 Å². The van der Waals surface area contributed by atoms with Crippen molar-refractivity contribution in [1.82, 2.24) is 19.9 Å². The molecule has 6 heteroatoms. The van der Waals surface area contributed by atoms with E-state index in [4.69, 9.17) is 0 Å². The molecule has 86 valence electrons. The molecule has 0 aliphatic heterocycles. The van der Waals surface area contributed by atoms with Gasteiger partial charge in [0.1, 0.15) is 5.69 Å². The zero-order valence-electron chi connectivity index (χ0n) is 9.51. The van der Waals surface area contributed by atoms with E-state index in [2.05, 4.69) is 25.3 Å². The van der Waals surface area contributed by atoms with Crippen molar-refractivity contribution in [2.45, 2.75) is 13.8 Å².